The molecule has 0 spiro atoms. The number of hydrogen-bond donors (Lipinski definition) is 1. The Morgan fingerprint density at radius 3 is 2.62 bits per heavy atom. The minimum absolute atomic E-state index is 0.0144. The molecule has 0 atom stereocenters. The van der Waals surface area contributed by atoms with Crippen molar-refractivity contribution in [2.24, 2.45) is 0 Å². The number of carbonyl (C=O) groups is 1. The van der Waals surface area contributed by atoms with Gasteiger partial charge in [-0.05, 0) is 35.4 Å². The van der Waals surface area contributed by atoms with Crippen LogP contribution in [0, 0.1) is 0 Å². The Morgan fingerprint density at radius 1 is 1.00 bits per heavy atom. The monoisotopic (exact) mass is 624 g/mol. The smallest absolute Gasteiger partial charge is 0.319 e. The summed E-state index contributed by atoms with van der Waals surface area (Å²) in [5, 5.41) is 13.5. The highest BCUT2D eigenvalue weighted by molar-refractivity contribution is 7.99. The second-order valence-electron chi connectivity index (χ2n) is 9.34. The summed E-state index contributed by atoms with van der Waals surface area (Å²) in [7, 11) is 0. The number of thiazole rings is 1. The van der Waals surface area contributed by atoms with Gasteiger partial charge < -0.3 is 9.88 Å². The van der Waals surface area contributed by atoms with Gasteiger partial charge >= 0.3 is 6.18 Å². The van der Waals surface area contributed by atoms with Crippen LogP contribution in [0.5, 0.6) is 0 Å². The molecule has 13 heteroatoms. The van der Waals surface area contributed by atoms with Gasteiger partial charge in [-0.25, -0.2) is 9.97 Å². The molecule has 6 aromatic rings. The first-order valence-electron chi connectivity index (χ1n) is 12.6. The lowest BCUT2D eigenvalue weighted by molar-refractivity contribution is -0.137. The second-order valence-corrected chi connectivity index (χ2v) is 11.8. The van der Waals surface area contributed by atoms with E-state index in [-0.39, 0.29) is 18.1 Å². The highest BCUT2D eigenvalue weighted by Gasteiger charge is 2.30. The molecule has 3 aromatic carbocycles. The minimum atomic E-state index is -4.41. The number of carbonyl (C=O) groups excluding carboxylic acids is 1. The zero-order valence-electron chi connectivity index (χ0n) is 21.6. The first kappa shape index (κ1) is 28.1. The largest absolute Gasteiger partial charge is 0.416 e. The number of amides is 1. The van der Waals surface area contributed by atoms with E-state index in [1.54, 1.807) is 12.3 Å². The highest BCUT2D eigenvalue weighted by atomic mass is 35.5. The van der Waals surface area contributed by atoms with E-state index >= 15 is 0 Å². The summed E-state index contributed by atoms with van der Waals surface area (Å²) < 4.78 is 41.1. The van der Waals surface area contributed by atoms with Gasteiger partial charge in [0.25, 0.3) is 0 Å². The third kappa shape index (κ3) is 6.25. The number of aromatic nitrogens is 5. The van der Waals surface area contributed by atoms with Crippen molar-refractivity contribution in [3.63, 3.8) is 0 Å². The fourth-order valence-electron chi connectivity index (χ4n) is 4.49. The van der Waals surface area contributed by atoms with E-state index in [4.69, 9.17) is 16.6 Å². The van der Waals surface area contributed by atoms with Crippen LogP contribution in [0.25, 0.3) is 22.1 Å². The van der Waals surface area contributed by atoms with E-state index in [0.717, 1.165) is 45.2 Å². The second kappa shape index (κ2) is 11.7. The molecule has 0 aliphatic heterocycles. The van der Waals surface area contributed by atoms with Crippen LogP contribution in [0.15, 0.2) is 84.1 Å². The quantitative estimate of drug-likeness (QED) is 0.177. The van der Waals surface area contributed by atoms with Crippen LogP contribution in [0.1, 0.15) is 21.6 Å². The average Bonchev–Trinajstić information content (AvgIpc) is 3.53. The summed E-state index contributed by atoms with van der Waals surface area (Å²) in [5.74, 6) is -0.305. The molecule has 212 valence electrons. The van der Waals surface area contributed by atoms with Crippen LogP contribution in [-0.4, -0.2) is 36.4 Å². The summed E-state index contributed by atoms with van der Waals surface area (Å²) >= 11 is 8.61. The molecule has 0 unspecified atom stereocenters. The minimum Gasteiger partial charge on any atom is -0.319 e. The van der Waals surface area contributed by atoms with Crippen LogP contribution in [0.4, 0.5) is 18.3 Å². The molecule has 0 saturated heterocycles. The molecule has 0 bridgehead atoms. The first-order chi connectivity index (χ1) is 20.2. The molecule has 0 aliphatic carbocycles. The SMILES string of the molecule is O=C(CSc1nnc2c3cc(Cl)ccc3n(Cc3ccccc3)c2n1)Nc1ncc(Cc2cccc(C(F)(F)F)c2)s1. The van der Waals surface area contributed by atoms with Gasteiger partial charge in [-0.15, -0.1) is 21.5 Å². The van der Waals surface area contributed by atoms with E-state index in [0.29, 0.717) is 38.6 Å². The summed E-state index contributed by atoms with van der Waals surface area (Å²) in [4.78, 5) is 22.3. The number of rotatable bonds is 8. The van der Waals surface area contributed by atoms with Gasteiger partial charge in [0, 0.05) is 34.4 Å². The fraction of sp³-hybridized carbons (Fsp3) is 0.138. The molecule has 0 radical (unpaired) electrons. The molecule has 42 heavy (non-hydrogen) atoms. The lowest BCUT2D eigenvalue weighted by Crippen LogP contribution is -2.14. The lowest BCUT2D eigenvalue weighted by Gasteiger charge is -2.08. The highest BCUT2D eigenvalue weighted by Crippen LogP contribution is 2.32. The molecule has 1 N–H and O–H groups in total. The van der Waals surface area contributed by atoms with Crippen molar-refractivity contribution in [3.8, 4) is 0 Å². The van der Waals surface area contributed by atoms with Crippen molar-refractivity contribution in [3.05, 3.63) is 106 Å². The maximum absolute atomic E-state index is 13.0. The summed E-state index contributed by atoms with van der Waals surface area (Å²) in [6.07, 6.45) is -2.59. The number of fused-ring (bicyclic) bond motifs is 3. The normalized spacial score (nSPS) is 11.8. The number of alkyl halides is 3. The number of benzene rings is 3. The van der Waals surface area contributed by atoms with E-state index in [2.05, 4.69) is 25.1 Å². The number of thioether (sulfide) groups is 1. The molecular formula is C29H20ClF3N6OS2. The molecule has 0 fully saturated rings. The maximum atomic E-state index is 13.0. The molecule has 3 aromatic heterocycles. The predicted octanol–water partition coefficient (Wildman–Crippen LogP) is 7.48. The van der Waals surface area contributed by atoms with E-state index in [1.165, 1.54) is 17.4 Å². The topological polar surface area (TPSA) is 85.6 Å². The standard InChI is InChI=1S/C29H20ClF3N6OS2/c30-20-9-10-23-22(13-20)25-26(39(23)15-17-5-2-1-3-6-17)36-28(38-37-25)41-16-24(40)35-27-34-14-21(42-27)12-18-7-4-8-19(11-18)29(31,32)33/h1-11,13-14H,12,15-16H2,(H,34,35,40). The Balaban J connectivity index is 1.15. The van der Waals surface area contributed by atoms with Crippen LogP contribution < -0.4 is 5.32 Å². The Bertz CT molecular complexity index is 1910. The Morgan fingerprint density at radius 2 is 1.81 bits per heavy atom. The lowest BCUT2D eigenvalue weighted by atomic mass is 10.1. The summed E-state index contributed by atoms with van der Waals surface area (Å²) in [5.41, 5.74) is 3.07. The van der Waals surface area contributed by atoms with E-state index < -0.39 is 11.7 Å². The van der Waals surface area contributed by atoms with Crippen molar-refractivity contribution < 1.29 is 18.0 Å². The van der Waals surface area contributed by atoms with Crippen LogP contribution >= 0.6 is 34.7 Å². The van der Waals surface area contributed by atoms with Crippen LogP contribution in [-0.2, 0) is 23.9 Å². The predicted molar refractivity (Wildman–Crippen MR) is 159 cm³/mol. The number of halogens is 4. The summed E-state index contributed by atoms with van der Waals surface area (Å²) in [6.45, 7) is 0.568. The third-order valence-corrected chi connectivity index (χ3v) is 8.34. The van der Waals surface area contributed by atoms with Gasteiger partial charge in [-0.3, -0.25) is 4.79 Å². The van der Waals surface area contributed by atoms with Gasteiger partial charge in [0.15, 0.2) is 10.8 Å². The summed E-state index contributed by atoms with van der Waals surface area (Å²) in [6, 6.07) is 20.7. The molecule has 7 nitrogen and oxygen atoms in total. The van der Waals surface area contributed by atoms with Crippen LogP contribution in [0.3, 0.4) is 0 Å². The van der Waals surface area contributed by atoms with Gasteiger partial charge in [-0.1, -0.05) is 71.9 Å². The zero-order chi connectivity index (χ0) is 29.3. The average molecular weight is 625 g/mol. The number of hydrogen-bond acceptors (Lipinski definition) is 7. The number of nitrogens with one attached hydrogen (secondary N) is 1. The molecule has 0 aliphatic rings. The van der Waals surface area contributed by atoms with Gasteiger partial charge in [0.05, 0.1) is 16.8 Å². The van der Waals surface area contributed by atoms with E-state index in [9.17, 15) is 18.0 Å². The van der Waals surface area contributed by atoms with Crippen molar-refractivity contribution in [2.75, 3.05) is 11.1 Å². The van der Waals surface area contributed by atoms with Crippen molar-refractivity contribution in [1.29, 1.82) is 0 Å². The molecule has 1 amide bonds. The van der Waals surface area contributed by atoms with Gasteiger partial charge in [0.1, 0.15) is 5.52 Å². The van der Waals surface area contributed by atoms with Gasteiger partial charge in [0.2, 0.25) is 11.1 Å². The van der Waals surface area contributed by atoms with Crippen LogP contribution in [0.2, 0.25) is 5.02 Å². The molecule has 0 saturated carbocycles. The first-order valence-corrected chi connectivity index (χ1v) is 14.8. The fourth-order valence-corrected chi connectivity index (χ4v) is 6.11. The molecule has 3 heterocycles. The Kier molecular flexibility index (Phi) is 7.84. The maximum Gasteiger partial charge on any atom is 0.416 e. The Hall–Kier alpha value is -4.00. The number of anilines is 1. The van der Waals surface area contributed by atoms with Crippen molar-refractivity contribution in [2.45, 2.75) is 24.3 Å². The van der Waals surface area contributed by atoms with Crippen molar-refractivity contribution >= 4 is 67.8 Å². The molecule has 6 rings (SSSR count). The molecular weight excluding hydrogens is 605 g/mol. The Labute approximate surface area is 250 Å². The van der Waals surface area contributed by atoms with E-state index in [1.807, 2.05) is 48.5 Å². The third-order valence-electron chi connectivity index (χ3n) is 6.36. The van der Waals surface area contributed by atoms with Crippen molar-refractivity contribution in [1.82, 2.24) is 24.7 Å². The zero-order valence-corrected chi connectivity index (χ0v) is 24.0. The van der Waals surface area contributed by atoms with Gasteiger partial charge in [-0.2, -0.15) is 13.2 Å². The number of nitrogens with zero attached hydrogens (tertiary/aromatic N) is 5.